The number of rotatable bonds is 4. The van der Waals surface area contributed by atoms with E-state index >= 15 is 0 Å². The van der Waals surface area contributed by atoms with Crippen LogP contribution in [-0.2, 0) is 10.0 Å². The predicted molar refractivity (Wildman–Crippen MR) is 87.0 cm³/mol. The zero-order valence-corrected chi connectivity index (χ0v) is 14.3. The third kappa shape index (κ3) is 3.65. The lowest BCUT2D eigenvalue weighted by Gasteiger charge is -2.31. The van der Waals surface area contributed by atoms with Crippen LogP contribution in [0.1, 0.15) is 28.1 Å². The van der Waals surface area contributed by atoms with Gasteiger partial charge in [-0.15, -0.1) is 11.3 Å². The summed E-state index contributed by atoms with van der Waals surface area (Å²) in [6.45, 7) is 2.94. The van der Waals surface area contributed by atoms with Crippen molar-refractivity contribution in [3.63, 3.8) is 0 Å². The summed E-state index contributed by atoms with van der Waals surface area (Å²) in [4.78, 5) is 14.9. The molecule has 3 rings (SSSR count). The molecule has 0 bridgehead atoms. The molecule has 6 nitrogen and oxygen atoms in total. The van der Waals surface area contributed by atoms with Gasteiger partial charge in [-0.2, -0.15) is 0 Å². The summed E-state index contributed by atoms with van der Waals surface area (Å²) in [6, 6.07) is 4.91. The molecule has 1 fully saturated rings. The van der Waals surface area contributed by atoms with Crippen molar-refractivity contribution in [2.24, 2.45) is 0 Å². The van der Waals surface area contributed by atoms with Crippen molar-refractivity contribution in [1.82, 2.24) is 9.62 Å². The van der Waals surface area contributed by atoms with Gasteiger partial charge in [0.2, 0.25) is 10.0 Å². The van der Waals surface area contributed by atoms with Gasteiger partial charge in [0.1, 0.15) is 10.5 Å². The maximum absolute atomic E-state index is 12.3. The van der Waals surface area contributed by atoms with Crippen molar-refractivity contribution in [1.29, 1.82) is 0 Å². The highest BCUT2D eigenvalue weighted by molar-refractivity contribution is 7.91. The molecule has 1 saturated heterocycles. The van der Waals surface area contributed by atoms with E-state index in [0.29, 0.717) is 35.7 Å². The van der Waals surface area contributed by atoms with Gasteiger partial charge < -0.3 is 9.32 Å². The highest BCUT2D eigenvalue weighted by Gasteiger charge is 2.28. The summed E-state index contributed by atoms with van der Waals surface area (Å²) in [5.74, 6) is -0.0751. The third-order valence-corrected chi connectivity index (χ3v) is 6.87. The van der Waals surface area contributed by atoms with Gasteiger partial charge in [-0.25, -0.2) is 13.1 Å². The number of amides is 1. The molecule has 3 heterocycles. The molecule has 1 aliphatic heterocycles. The SMILES string of the molecule is Cc1ccc(S(=O)(=O)NC2CCN(C(=O)c3ccoc3)CC2)s1. The van der Waals surface area contributed by atoms with Crippen LogP contribution >= 0.6 is 11.3 Å². The Morgan fingerprint density at radius 1 is 1.30 bits per heavy atom. The molecule has 8 heteroatoms. The number of carbonyl (C=O) groups excluding carboxylic acids is 1. The van der Waals surface area contributed by atoms with Crippen molar-refractivity contribution in [2.45, 2.75) is 30.0 Å². The van der Waals surface area contributed by atoms with Crippen LogP contribution in [0, 0.1) is 6.92 Å². The second kappa shape index (κ2) is 6.46. The smallest absolute Gasteiger partial charge is 0.257 e. The average Bonchev–Trinajstić information content (AvgIpc) is 3.18. The second-order valence-electron chi connectivity index (χ2n) is 5.56. The first kappa shape index (κ1) is 16.2. The molecule has 124 valence electrons. The maximum atomic E-state index is 12.3. The molecule has 1 N–H and O–H groups in total. The number of nitrogens with zero attached hydrogens (tertiary/aromatic N) is 1. The lowest BCUT2D eigenvalue weighted by atomic mass is 10.1. The Kier molecular flexibility index (Phi) is 4.56. The summed E-state index contributed by atoms with van der Waals surface area (Å²) in [6.07, 6.45) is 4.10. The van der Waals surface area contributed by atoms with Crippen LogP contribution in [0.25, 0.3) is 0 Å². The van der Waals surface area contributed by atoms with Crippen molar-refractivity contribution in [2.75, 3.05) is 13.1 Å². The summed E-state index contributed by atoms with van der Waals surface area (Å²) in [7, 11) is -3.47. The number of aryl methyl sites for hydroxylation is 1. The molecule has 1 aliphatic rings. The number of sulfonamides is 1. The molecule has 0 saturated carbocycles. The number of nitrogens with one attached hydrogen (secondary N) is 1. The van der Waals surface area contributed by atoms with E-state index in [1.54, 1.807) is 23.1 Å². The van der Waals surface area contributed by atoms with E-state index in [2.05, 4.69) is 4.72 Å². The number of furan rings is 1. The number of piperidine rings is 1. The Hall–Kier alpha value is -1.64. The minimum Gasteiger partial charge on any atom is -0.472 e. The number of carbonyl (C=O) groups is 1. The first-order valence-electron chi connectivity index (χ1n) is 7.36. The van der Waals surface area contributed by atoms with Gasteiger partial charge in [0.25, 0.3) is 5.91 Å². The van der Waals surface area contributed by atoms with E-state index in [-0.39, 0.29) is 11.9 Å². The van der Waals surface area contributed by atoms with E-state index in [4.69, 9.17) is 4.42 Å². The highest BCUT2D eigenvalue weighted by atomic mass is 32.2. The van der Waals surface area contributed by atoms with Crippen LogP contribution in [0.15, 0.2) is 39.4 Å². The molecule has 0 unspecified atom stereocenters. The Bertz CT molecular complexity index is 772. The van der Waals surface area contributed by atoms with Crippen LogP contribution in [0.5, 0.6) is 0 Å². The lowest BCUT2D eigenvalue weighted by molar-refractivity contribution is 0.0710. The fourth-order valence-electron chi connectivity index (χ4n) is 2.60. The van der Waals surface area contributed by atoms with Gasteiger partial charge in [0.15, 0.2) is 0 Å². The van der Waals surface area contributed by atoms with E-state index in [9.17, 15) is 13.2 Å². The molecule has 23 heavy (non-hydrogen) atoms. The fourth-order valence-corrected chi connectivity index (χ4v) is 5.21. The zero-order chi connectivity index (χ0) is 16.4. The normalized spacial score (nSPS) is 16.7. The van der Waals surface area contributed by atoms with Crippen molar-refractivity contribution >= 4 is 27.3 Å². The van der Waals surface area contributed by atoms with E-state index < -0.39 is 10.0 Å². The molecule has 0 spiro atoms. The van der Waals surface area contributed by atoms with Crippen molar-refractivity contribution in [3.05, 3.63) is 41.2 Å². The van der Waals surface area contributed by atoms with E-state index in [1.807, 2.05) is 6.92 Å². The number of likely N-dealkylation sites (tertiary alicyclic amines) is 1. The van der Waals surface area contributed by atoms with Crippen LogP contribution in [0.2, 0.25) is 0 Å². The van der Waals surface area contributed by atoms with E-state index in [1.165, 1.54) is 23.9 Å². The fraction of sp³-hybridized carbons (Fsp3) is 0.400. The molecule has 2 aromatic rings. The highest BCUT2D eigenvalue weighted by Crippen LogP contribution is 2.22. The predicted octanol–water partition coefficient (Wildman–Crippen LogP) is 2.23. The van der Waals surface area contributed by atoms with Gasteiger partial charge in [0.05, 0.1) is 11.8 Å². The summed E-state index contributed by atoms with van der Waals surface area (Å²) < 4.78 is 32.7. The molecule has 0 aromatic carbocycles. The zero-order valence-electron chi connectivity index (χ0n) is 12.7. The van der Waals surface area contributed by atoms with Crippen LogP contribution < -0.4 is 4.72 Å². The van der Waals surface area contributed by atoms with Crippen molar-refractivity contribution < 1.29 is 17.6 Å². The van der Waals surface area contributed by atoms with Gasteiger partial charge in [-0.3, -0.25) is 4.79 Å². The Balaban J connectivity index is 1.58. The maximum Gasteiger partial charge on any atom is 0.257 e. The molecular formula is C15H18N2O4S2. The minimum atomic E-state index is -3.47. The Labute approximate surface area is 139 Å². The molecule has 1 amide bonds. The molecular weight excluding hydrogens is 336 g/mol. The van der Waals surface area contributed by atoms with Gasteiger partial charge in [0, 0.05) is 24.0 Å². The number of thiophene rings is 1. The topological polar surface area (TPSA) is 79.6 Å². The second-order valence-corrected chi connectivity index (χ2v) is 8.79. The largest absolute Gasteiger partial charge is 0.472 e. The van der Waals surface area contributed by atoms with Gasteiger partial charge in [-0.1, -0.05) is 0 Å². The monoisotopic (exact) mass is 354 g/mol. The van der Waals surface area contributed by atoms with Crippen LogP contribution in [0.3, 0.4) is 0 Å². The molecule has 2 aromatic heterocycles. The van der Waals surface area contributed by atoms with Gasteiger partial charge in [-0.05, 0) is 38.0 Å². The number of hydrogen-bond donors (Lipinski definition) is 1. The molecule has 0 radical (unpaired) electrons. The van der Waals surface area contributed by atoms with Gasteiger partial charge >= 0.3 is 0 Å². The Morgan fingerprint density at radius 3 is 2.61 bits per heavy atom. The third-order valence-electron chi connectivity index (χ3n) is 3.85. The average molecular weight is 354 g/mol. The number of hydrogen-bond acceptors (Lipinski definition) is 5. The summed E-state index contributed by atoms with van der Waals surface area (Å²) in [5.41, 5.74) is 0.526. The first-order valence-corrected chi connectivity index (χ1v) is 9.66. The van der Waals surface area contributed by atoms with E-state index in [0.717, 1.165) is 4.88 Å². The molecule has 0 aliphatic carbocycles. The minimum absolute atomic E-state index is 0.0751. The standard InChI is InChI=1S/C15H18N2O4S2/c1-11-2-3-14(22-11)23(19,20)16-13-4-7-17(8-5-13)15(18)12-6-9-21-10-12/h2-3,6,9-10,13,16H,4-5,7-8H2,1H3. The first-order chi connectivity index (χ1) is 11.0. The summed E-state index contributed by atoms with van der Waals surface area (Å²) >= 11 is 1.26. The lowest BCUT2D eigenvalue weighted by Crippen LogP contribution is -2.46. The quantitative estimate of drug-likeness (QED) is 0.913. The summed E-state index contributed by atoms with van der Waals surface area (Å²) in [5, 5.41) is 0. The molecule has 0 atom stereocenters. The Morgan fingerprint density at radius 2 is 2.04 bits per heavy atom. The van der Waals surface area contributed by atoms with Crippen LogP contribution in [-0.4, -0.2) is 38.4 Å². The van der Waals surface area contributed by atoms with Crippen molar-refractivity contribution in [3.8, 4) is 0 Å². The van der Waals surface area contributed by atoms with Crippen LogP contribution in [0.4, 0.5) is 0 Å².